The first-order valence-corrected chi connectivity index (χ1v) is 8.03. The Morgan fingerprint density at radius 3 is 2.54 bits per heavy atom. The Balaban J connectivity index is 1.99. The Kier molecular flexibility index (Phi) is 4.49. The number of rotatable bonds is 3. The number of hydrogen-bond donors (Lipinski definition) is 2. The molecule has 3 rings (SSSR count). The topological polar surface area (TPSA) is 89.2 Å². The van der Waals surface area contributed by atoms with E-state index in [0.29, 0.717) is 5.69 Å². The molecule has 4 N–H and O–H groups in total. The van der Waals surface area contributed by atoms with E-state index in [4.69, 9.17) is 23.1 Å². The maximum atomic E-state index is 12.4. The maximum Gasteiger partial charge on any atom is 0.387 e. The minimum absolute atomic E-state index is 0.0640. The highest BCUT2D eigenvalue weighted by Gasteiger charge is 2.42. The summed E-state index contributed by atoms with van der Waals surface area (Å²) in [5, 5.41) is 0.0640. The SMILES string of the molecule is NC1=NC2(CCCCC2)N(c2ccc(OC(F)F)c(Cl)c2)C(N)=N1. The van der Waals surface area contributed by atoms with Gasteiger partial charge in [0.1, 0.15) is 11.4 Å². The second-order valence-electron chi connectivity index (χ2n) is 5.81. The van der Waals surface area contributed by atoms with E-state index >= 15 is 0 Å². The van der Waals surface area contributed by atoms with Crippen molar-refractivity contribution < 1.29 is 13.5 Å². The molecule has 0 aromatic heterocycles. The summed E-state index contributed by atoms with van der Waals surface area (Å²) in [6.07, 6.45) is 4.64. The van der Waals surface area contributed by atoms with Gasteiger partial charge in [0.15, 0.2) is 0 Å². The second kappa shape index (κ2) is 6.43. The first-order valence-electron chi connectivity index (χ1n) is 7.65. The van der Waals surface area contributed by atoms with Crippen molar-refractivity contribution in [3.8, 4) is 5.75 Å². The molecule has 1 saturated carbocycles. The lowest BCUT2D eigenvalue weighted by Crippen LogP contribution is -2.58. The van der Waals surface area contributed by atoms with Gasteiger partial charge in [0, 0.05) is 5.69 Å². The largest absolute Gasteiger partial charge is 0.433 e. The molecule has 0 unspecified atom stereocenters. The smallest absolute Gasteiger partial charge is 0.387 e. The van der Waals surface area contributed by atoms with Crippen LogP contribution in [0.2, 0.25) is 5.02 Å². The lowest BCUT2D eigenvalue weighted by Gasteiger charge is -2.45. The number of hydrogen-bond acceptors (Lipinski definition) is 6. The summed E-state index contributed by atoms with van der Waals surface area (Å²) in [7, 11) is 0. The lowest BCUT2D eigenvalue weighted by atomic mass is 9.87. The molecule has 1 aromatic rings. The van der Waals surface area contributed by atoms with Gasteiger partial charge >= 0.3 is 6.61 Å². The number of nitrogens with zero attached hydrogens (tertiary/aromatic N) is 3. The van der Waals surface area contributed by atoms with Crippen molar-refractivity contribution in [2.45, 2.75) is 44.4 Å². The minimum Gasteiger partial charge on any atom is -0.433 e. The molecule has 0 bridgehead atoms. The Morgan fingerprint density at radius 1 is 1.21 bits per heavy atom. The number of nitrogens with two attached hydrogens (primary N) is 2. The van der Waals surface area contributed by atoms with Gasteiger partial charge in [0.2, 0.25) is 11.9 Å². The predicted molar refractivity (Wildman–Crippen MR) is 89.6 cm³/mol. The molecule has 24 heavy (non-hydrogen) atoms. The van der Waals surface area contributed by atoms with Crippen molar-refractivity contribution in [3.63, 3.8) is 0 Å². The normalized spacial score (nSPS) is 20.1. The molecule has 0 radical (unpaired) electrons. The van der Waals surface area contributed by atoms with Crippen molar-refractivity contribution in [2.24, 2.45) is 21.5 Å². The van der Waals surface area contributed by atoms with Crippen LogP contribution in [-0.2, 0) is 0 Å². The average Bonchev–Trinajstić information content (AvgIpc) is 2.49. The zero-order valence-corrected chi connectivity index (χ0v) is 13.6. The van der Waals surface area contributed by atoms with Crippen molar-refractivity contribution >= 4 is 29.2 Å². The molecule has 9 heteroatoms. The van der Waals surface area contributed by atoms with Crippen molar-refractivity contribution in [2.75, 3.05) is 4.90 Å². The van der Waals surface area contributed by atoms with Crippen molar-refractivity contribution in [3.05, 3.63) is 23.2 Å². The summed E-state index contributed by atoms with van der Waals surface area (Å²) in [5.41, 5.74) is 11.9. The van der Waals surface area contributed by atoms with E-state index in [0.717, 1.165) is 32.1 Å². The summed E-state index contributed by atoms with van der Waals surface area (Å²) in [5.74, 6) is 0.265. The quantitative estimate of drug-likeness (QED) is 0.870. The first kappa shape index (κ1) is 16.8. The molecular formula is C15H18ClF2N5O. The molecule has 1 fully saturated rings. The molecule has 130 valence electrons. The number of aliphatic imine (C=N–C) groups is 2. The van der Waals surface area contributed by atoms with Gasteiger partial charge in [0.25, 0.3) is 0 Å². The van der Waals surface area contributed by atoms with Crippen molar-refractivity contribution in [1.29, 1.82) is 0 Å². The number of guanidine groups is 2. The molecule has 0 amide bonds. The van der Waals surface area contributed by atoms with Gasteiger partial charge in [-0.2, -0.15) is 13.8 Å². The summed E-state index contributed by atoms with van der Waals surface area (Å²) < 4.78 is 29.1. The zero-order chi connectivity index (χ0) is 17.3. The Morgan fingerprint density at radius 2 is 1.92 bits per heavy atom. The second-order valence-corrected chi connectivity index (χ2v) is 6.22. The Hall–Kier alpha value is -2.09. The van der Waals surface area contributed by atoms with Crippen LogP contribution in [0, 0.1) is 0 Å². The maximum absolute atomic E-state index is 12.4. The fourth-order valence-electron chi connectivity index (χ4n) is 3.32. The average molecular weight is 358 g/mol. The number of anilines is 1. The van der Waals surface area contributed by atoms with E-state index in [1.807, 2.05) is 0 Å². The monoisotopic (exact) mass is 357 g/mol. The molecule has 1 heterocycles. The van der Waals surface area contributed by atoms with Gasteiger partial charge in [-0.15, -0.1) is 0 Å². The minimum atomic E-state index is -2.94. The predicted octanol–water partition coefficient (Wildman–Crippen LogP) is 3.05. The molecular weight excluding hydrogens is 340 g/mol. The van der Waals surface area contributed by atoms with Crippen LogP contribution in [0.25, 0.3) is 0 Å². The van der Waals surface area contributed by atoms with E-state index < -0.39 is 12.3 Å². The highest BCUT2D eigenvalue weighted by Crippen LogP contribution is 2.41. The van der Waals surface area contributed by atoms with Crippen LogP contribution in [0.3, 0.4) is 0 Å². The van der Waals surface area contributed by atoms with Crippen LogP contribution < -0.4 is 21.1 Å². The van der Waals surface area contributed by atoms with Gasteiger partial charge < -0.3 is 16.2 Å². The third-order valence-electron chi connectivity index (χ3n) is 4.24. The molecule has 1 aromatic carbocycles. The van der Waals surface area contributed by atoms with Gasteiger partial charge in [-0.05, 0) is 43.9 Å². The van der Waals surface area contributed by atoms with Crippen LogP contribution in [-0.4, -0.2) is 24.2 Å². The Bertz CT molecular complexity index is 688. The summed E-state index contributed by atoms with van der Waals surface area (Å²) >= 11 is 6.07. The zero-order valence-electron chi connectivity index (χ0n) is 12.9. The van der Waals surface area contributed by atoms with E-state index in [9.17, 15) is 8.78 Å². The van der Waals surface area contributed by atoms with Crippen LogP contribution in [0.5, 0.6) is 5.75 Å². The Labute approximate surface area is 143 Å². The van der Waals surface area contributed by atoms with E-state index in [-0.39, 0.29) is 22.7 Å². The lowest BCUT2D eigenvalue weighted by molar-refractivity contribution is -0.0497. The van der Waals surface area contributed by atoms with Crippen LogP contribution in [0.15, 0.2) is 28.2 Å². The number of ether oxygens (including phenoxy) is 1. The van der Waals surface area contributed by atoms with Gasteiger partial charge in [-0.25, -0.2) is 4.99 Å². The molecule has 0 atom stereocenters. The molecule has 1 spiro atoms. The molecule has 2 aliphatic rings. The van der Waals surface area contributed by atoms with E-state index in [2.05, 4.69) is 14.7 Å². The third kappa shape index (κ3) is 3.10. The molecule has 1 aliphatic carbocycles. The van der Waals surface area contributed by atoms with Crippen LogP contribution in [0.1, 0.15) is 32.1 Å². The van der Waals surface area contributed by atoms with Crippen LogP contribution >= 0.6 is 11.6 Å². The molecule has 1 aliphatic heterocycles. The van der Waals surface area contributed by atoms with Crippen LogP contribution in [0.4, 0.5) is 14.5 Å². The van der Waals surface area contributed by atoms with E-state index in [1.54, 1.807) is 11.0 Å². The van der Waals surface area contributed by atoms with Crippen molar-refractivity contribution in [1.82, 2.24) is 0 Å². The fourth-order valence-corrected chi connectivity index (χ4v) is 3.53. The van der Waals surface area contributed by atoms with Gasteiger partial charge in [-0.3, -0.25) is 4.90 Å². The number of alkyl halides is 2. The summed E-state index contributed by atoms with van der Waals surface area (Å²) in [4.78, 5) is 10.4. The highest BCUT2D eigenvalue weighted by atomic mass is 35.5. The third-order valence-corrected chi connectivity index (χ3v) is 4.54. The van der Waals surface area contributed by atoms with Gasteiger partial charge in [-0.1, -0.05) is 18.0 Å². The van der Waals surface area contributed by atoms with Gasteiger partial charge in [0.05, 0.1) is 5.02 Å². The standard InChI is InChI=1S/C15H18ClF2N5O/c16-10-8-9(4-5-11(10)24-12(17)18)23-14(20)21-13(19)22-15(23)6-2-1-3-7-15/h4-5,8,12H,1-3,6-7H2,(H4,19,20,21,22). The first-order chi connectivity index (χ1) is 11.4. The summed E-state index contributed by atoms with van der Waals surface area (Å²) in [6, 6.07) is 4.52. The molecule has 0 saturated heterocycles. The number of benzene rings is 1. The highest BCUT2D eigenvalue weighted by molar-refractivity contribution is 6.32. The number of halogens is 3. The summed E-state index contributed by atoms with van der Waals surface area (Å²) in [6.45, 7) is -2.94. The molecule has 6 nitrogen and oxygen atoms in total. The van der Waals surface area contributed by atoms with E-state index in [1.165, 1.54) is 12.1 Å². The fraction of sp³-hybridized carbons (Fsp3) is 0.467.